The van der Waals surface area contributed by atoms with Crippen molar-refractivity contribution in [3.63, 3.8) is 0 Å². The number of nitrogens with one attached hydrogen (secondary N) is 1. The molecule has 2 heterocycles. The molecular formula is C17H19FN4S. The van der Waals surface area contributed by atoms with Crippen molar-refractivity contribution in [2.45, 2.75) is 33.5 Å². The van der Waals surface area contributed by atoms with Gasteiger partial charge < -0.3 is 5.32 Å². The number of halogens is 1. The van der Waals surface area contributed by atoms with Crippen molar-refractivity contribution in [2.24, 2.45) is 0 Å². The third-order valence-corrected chi connectivity index (χ3v) is 4.63. The molecule has 0 aliphatic carbocycles. The Labute approximate surface area is 139 Å². The molecule has 1 N–H and O–H groups in total. The highest BCUT2D eigenvalue weighted by Gasteiger charge is 2.05. The van der Waals surface area contributed by atoms with Gasteiger partial charge in [0.15, 0.2) is 0 Å². The fourth-order valence-corrected chi connectivity index (χ4v) is 3.33. The van der Waals surface area contributed by atoms with Crippen molar-refractivity contribution < 1.29 is 4.39 Å². The molecule has 0 saturated heterocycles. The van der Waals surface area contributed by atoms with Gasteiger partial charge in [0.25, 0.3) is 0 Å². The van der Waals surface area contributed by atoms with E-state index in [9.17, 15) is 4.39 Å². The summed E-state index contributed by atoms with van der Waals surface area (Å²) < 4.78 is 14.8. The van der Waals surface area contributed by atoms with Crippen molar-refractivity contribution in [3.8, 4) is 0 Å². The molecule has 0 spiro atoms. The molecule has 0 aliphatic heterocycles. The van der Waals surface area contributed by atoms with Crippen molar-refractivity contribution in [2.75, 3.05) is 0 Å². The van der Waals surface area contributed by atoms with Gasteiger partial charge in [-0.15, -0.1) is 11.3 Å². The van der Waals surface area contributed by atoms with E-state index in [1.54, 1.807) is 23.5 Å². The van der Waals surface area contributed by atoms with Gasteiger partial charge in [-0.1, -0.05) is 12.1 Å². The van der Waals surface area contributed by atoms with Crippen molar-refractivity contribution in [1.82, 2.24) is 20.1 Å². The molecule has 6 heteroatoms. The molecule has 0 saturated carbocycles. The first kappa shape index (κ1) is 15.8. The predicted molar refractivity (Wildman–Crippen MR) is 89.9 cm³/mol. The van der Waals surface area contributed by atoms with Crippen molar-refractivity contribution in [1.29, 1.82) is 0 Å². The predicted octanol–water partition coefficient (Wildman–Crippen LogP) is 3.43. The van der Waals surface area contributed by atoms with E-state index in [1.165, 1.54) is 17.0 Å². The average Bonchev–Trinajstić information content (AvgIpc) is 3.08. The lowest BCUT2D eigenvalue weighted by molar-refractivity contribution is 0.624. The second-order valence-corrected chi connectivity index (χ2v) is 6.81. The van der Waals surface area contributed by atoms with Crippen LogP contribution in [0, 0.1) is 19.7 Å². The average molecular weight is 330 g/mol. The van der Waals surface area contributed by atoms with Crippen LogP contribution in [0.3, 0.4) is 0 Å². The van der Waals surface area contributed by atoms with Gasteiger partial charge >= 0.3 is 0 Å². The van der Waals surface area contributed by atoms with Crippen molar-refractivity contribution in [3.05, 3.63) is 69.2 Å². The van der Waals surface area contributed by atoms with Crippen LogP contribution in [-0.2, 0) is 19.6 Å². The molecule has 120 valence electrons. The van der Waals surface area contributed by atoms with E-state index in [-0.39, 0.29) is 5.82 Å². The Balaban J connectivity index is 1.53. The highest BCUT2D eigenvalue weighted by molar-refractivity contribution is 7.11. The lowest BCUT2D eigenvalue weighted by Gasteiger charge is -2.02. The monoisotopic (exact) mass is 330 g/mol. The maximum Gasteiger partial charge on any atom is 0.123 e. The summed E-state index contributed by atoms with van der Waals surface area (Å²) in [6, 6.07) is 6.51. The topological polar surface area (TPSA) is 42.7 Å². The Bertz CT molecular complexity index is 776. The summed E-state index contributed by atoms with van der Waals surface area (Å²) in [6.45, 7) is 6.30. The number of rotatable bonds is 6. The number of aryl methyl sites for hydroxylation is 2. The minimum absolute atomic E-state index is 0.215. The molecule has 23 heavy (non-hydrogen) atoms. The van der Waals surface area contributed by atoms with Crippen LogP contribution in [0.5, 0.6) is 0 Å². The summed E-state index contributed by atoms with van der Waals surface area (Å²) in [4.78, 5) is 5.71. The van der Waals surface area contributed by atoms with Gasteiger partial charge in [0, 0.05) is 29.7 Å². The molecule has 3 rings (SSSR count). The highest BCUT2D eigenvalue weighted by atomic mass is 32.1. The van der Waals surface area contributed by atoms with Gasteiger partial charge in [0.2, 0.25) is 0 Å². The molecule has 0 fully saturated rings. The summed E-state index contributed by atoms with van der Waals surface area (Å²) >= 11 is 1.73. The number of benzene rings is 1. The van der Waals surface area contributed by atoms with Crippen LogP contribution in [0.2, 0.25) is 0 Å². The molecule has 0 atom stereocenters. The summed E-state index contributed by atoms with van der Waals surface area (Å²) in [6.07, 6.45) is 3.88. The fraction of sp³-hybridized carbons (Fsp3) is 0.294. The van der Waals surface area contributed by atoms with Crippen LogP contribution in [0.1, 0.15) is 26.7 Å². The van der Waals surface area contributed by atoms with E-state index in [4.69, 9.17) is 0 Å². The smallest absolute Gasteiger partial charge is 0.123 e. The summed E-state index contributed by atoms with van der Waals surface area (Å²) in [5.74, 6) is -0.215. The highest BCUT2D eigenvalue weighted by Crippen LogP contribution is 2.16. The Hall–Kier alpha value is -2.05. The molecule has 0 aliphatic rings. The quantitative estimate of drug-likeness (QED) is 0.753. The van der Waals surface area contributed by atoms with Crippen LogP contribution in [0.15, 0.2) is 36.7 Å². The maximum absolute atomic E-state index is 12.9. The molecule has 3 aromatic rings. The van der Waals surface area contributed by atoms with E-state index < -0.39 is 0 Å². The molecule has 0 unspecified atom stereocenters. The van der Waals surface area contributed by atoms with Gasteiger partial charge in [-0.2, -0.15) is 5.10 Å². The molecule has 2 aromatic heterocycles. The second kappa shape index (κ2) is 7.02. The van der Waals surface area contributed by atoms with Crippen molar-refractivity contribution >= 4 is 11.3 Å². The number of aromatic nitrogens is 3. The lowest BCUT2D eigenvalue weighted by atomic mass is 10.2. The van der Waals surface area contributed by atoms with Gasteiger partial charge in [-0.25, -0.2) is 9.37 Å². The van der Waals surface area contributed by atoms with Crippen LogP contribution in [0.4, 0.5) is 4.39 Å². The third kappa shape index (κ3) is 4.24. The number of hydrogen-bond donors (Lipinski definition) is 1. The fourth-order valence-electron chi connectivity index (χ4n) is 2.42. The SMILES string of the molecule is Cc1nc(C)c(CNCc2cnn(Cc3ccc(F)cc3)c2)s1. The number of hydrogen-bond acceptors (Lipinski definition) is 4. The zero-order valence-electron chi connectivity index (χ0n) is 13.2. The van der Waals surface area contributed by atoms with E-state index in [0.717, 1.165) is 34.9 Å². The normalized spacial score (nSPS) is 11.1. The zero-order valence-corrected chi connectivity index (χ0v) is 14.0. The first-order chi connectivity index (χ1) is 11.1. The van der Waals surface area contributed by atoms with Gasteiger partial charge in [0.1, 0.15) is 5.82 Å². The third-order valence-electron chi connectivity index (χ3n) is 3.56. The van der Waals surface area contributed by atoms with E-state index in [0.29, 0.717) is 6.54 Å². The first-order valence-corrected chi connectivity index (χ1v) is 8.31. The maximum atomic E-state index is 12.9. The molecule has 1 aromatic carbocycles. The first-order valence-electron chi connectivity index (χ1n) is 7.49. The van der Waals surface area contributed by atoms with Gasteiger partial charge in [-0.3, -0.25) is 4.68 Å². The van der Waals surface area contributed by atoms with E-state index in [2.05, 4.69) is 15.4 Å². The molecular weight excluding hydrogens is 311 g/mol. The van der Waals surface area contributed by atoms with Crippen LogP contribution in [-0.4, -0.2) is 14.8 Å². The Kier molecular flexibility index (Phi) is 4.83. The number of nitrogens with zero attached hydrogens (tertiary/aromatic N) is 3. The van der Waals surface area contributed by atoms with Crippen LogP contribution >= 0.6 is 11.3 Å². The minimum Gasteiger partial charge on any atom is -0.308 e. The molecule has 0 radical (unpaired) electrons. The van der Waals surface area contributed by atoms with E-state index >= 15 is 0 Å². The molecule has 4 nitrogen and oxygen atoms in total. The summed E-state index contributed by atoms with van der Waals surface area (Å²) in [7, 11) is 0. The van der Waals surface area contributed by atoms with Gasteiger partial charge in [0.05, 0.1) is 23.4 Å². The summed E-state index contributed by atoms with van der Waals surface area (Å²) in [5.41, 5.74) is 3.27. The largest absolute Gasteiger partial charge is 0.308 e. The molecule has 0 bridgehead atoms. The van der Waals surface area contributed by atoms with Gasteiger partial charge in [-0.05, 0) is 31.5 Å². The number of thiazole rings is 1. The van der Waals surface area contributed by atoms with E-state index in [1.807, 2.05) is 30.9 Å². The zero-order chi connectivity index (χ0) is 16.2. The minimum atomic E-state index is -0.215. The Morgan fingerprint density at radius 2 is 1.91 bits per heavy atom. The second-order valence-electron chi connectivity index (χ2n) is 5.52. The Morgan fingerprint density at radius 1 is 1.13 bits per heavy atom. The lowest BCUT2D eigenvalue weighted by Crippen LogP contribution is -2.12. The van der Waals surface area contributed by atoms with Crippen LogP contribution < -0.4 is 5.32 Å². The summed E-state index contributed by atoms with van der Waals surface area (Å²) in [5, 5.41) is 8.88. The standard InChI is InChI=1S/C17H19FN4S/c1-12-17(23-13(2)21-12)9-19-7-15-8-20-22(11-15)10-14-3-5-16(18)6-4-14/h3-6,8,11,19H,7,9-10H2,1-2H3. The molecule has 0 amide bonds. The van der Waals surface area contributed by atoms with Crippen LogP contribution in [0.25, 0.3) is 0 Å². The Morgan fingerprint density at radius 3 is 2.61 bits per heavy atom.